The summed E-state index contributed by atoms with van der Waals surface area (Å²) < 4.78 is 0. The van der Waals surface area contributed by atoms with E-state index in [-0.39, 0.29) is 0 Å². The maximum Gasteiger partial charge on any atom is 0.188 e. The van der Waals surface area contributed by atoms with E-state index in [0.29, 0.717) is 17.3 Å². The Labute approximate surface area is 101 Å². The summed E-state index contributed by atoms with van der Waals surface area (Å²) in [4.78, 5) is 4.46. The minimum atomic E-state index is 0.337. The number of nitrogens with one attached hydrogen (secondary N) is 1. The Kier molecular flexibility index (Phi) is 7.18. The first-order chi connectivity index (χ1) is 7.49. The highest BCUT2D eigenvalue weighted by Crippen LogP contribution is 2.30. The van der Waals surface area contributed by atoms with Crippen LogP contribution in [0, 0.1) is 11.3 Å². The maximum atomic E-state index is 5.83. The van der Waals surface area contributed by atoms with Crippen molar-refractivity contribution in [3.63, 3.8) is 0 Å². The Morgan fingerprint density at radius 2 is 1.69 bits per heavy atom. The lowest BCUT2D eigenvalue weighted by atomic mass is 9.80. The van der Waals surface area contributed by atoms with E-state index in [9.17, 15) is 0 Å². The van der Waals surface area contributed by atoms with Gasteiger partial charge in [0.2, 0.25) is 0 Å². The zero-order chi connectivity index (χ0) is 12.6. The second kappa shape index (κ2) is 7.53. The van der Waals surface area contributed by atoms with E-state index in [1.807, 2.05) is 0 Å². The summed E-state index contributed by atoms with van der Waals surface area (Å²) in [6.07, 6.45) is 3.50. The number of nitrogens with zero attached hydrogens (tertiary/aromatic N) is 1. The Bertz CT molecular complexity index is 197. The van der Waals surface area contributed by atoms with Gasteiger partial charge in [0.15, 0.2) is 5.96 Å². The van der Waals surface area contributed by atoms with E-state index in [4.69, 9.17) is 5.73 Å². The molecule has 0 aromatic rings. The molecule has 0 aliphatic carbocycles. The molecule has 3 N–H and O–H groups in total. The third-order valence-corrected chi connectivity index (χ3v) is 3.53. The van der Waals surface area contributed by atoms with Gasteiger partial charge < -0.3 is 11.1 Å². The van der Waals surface area contributed by atoms with Crippen molar-refractivity contribution in [2.24, 2.45) is 22.1 Å². The Hall–Kier alpha value is -0.730. The van der Waals surface area contributed by atoms with Gasteiger partial charge in [0.05, 0.1) is 0 Å². The number of rotatable bonds is 7. The largest absolute Gasteiger partial charge is 0.370 e. The van der Waals surface area contributed by atoms with Gasteiger partial charge >= 0.3 is 0 Å². The molecule has 16 heavy (non-hydrogen) atoms. The summed E-state index contributed by atoms with van der Waals surface area (Å²) in [5.41, 5.74) is 6.17. The summed E-state index contributed by atoms with van der Waals surface area (Å²) in [5, 5.41) is 3.15. The molecule has 0 aliphatic rings. The van der Waals surface area contributed by atoms with Crippen LogP contribution in [0.2, 0.25) is 0 Å². The van der Waals surface area contributed by atoms with Crippen molar-refractivity contribution in [3.05, 3.63) is 0 Å². The van der Waals surface area contributed by atoms with Crippen LogP contribution in [0.1, 0.15) is 53.9 Å². The van der Waals surface area contributed by atoms with Crippen molar-refractivity contribution < 1.29 is 0 Å². The molecular formula is C13H29N3. The smallest absolute Gasteiger partial charge is 0.188 e. The molecule has 0 unspecified atom stereocenters. The highest BCUT2D eigenvalue weighted by atomic mass is 15.1. The van der Waals surface area contributed by atoms with Gasteiger partial charge in [-0.05, 0) is 30.6 Å². The van der Waals surface area contributed by atoms with E-state index in [2.05, 4.69) is 44.9 Å². The molecule has 0 rings (SSSR count). The molecule has 3 nitrogen and oxygen atoms in total. The molecule has 0 saturated carbocycles. The van der Waals surface area contributed by atoms with Crippen molar-refractivity contribution in [2.75, 3.05) is 13.1 Å². The zero-order valence-electron chi connectivity index (χ0n) is 11.6. The van der Waals surface area contributed by atoms with Crippen LogP contribution in [-0.4, -0.2) is 19.0 Å². The summed E-state index contributed by atoms with van der Waals surface area (Å²) in [6, 6.07) is 0. The van der Waals surface area contributed by atoms with Crippen molar-refractivity contribution in [3.8, 4) is 0 Å². The van der Waals surface area contributed by atoms with Crippen LogP contribution in [0.15, 0.2) is 4.99 Å². The van der Waals surface area contributed by atoms with E-state index in [1.54, 1.807) is 0 Å². The lowest BCUT2D eigenvalue weighted by Gasteiger charge is -2.28. The standard InChI is InChI=1S/C13H29N3/c1-6-13(7-2,8-3)10-16-12(14)15-9-11(4)5/h11H,6-10H2,1-5H3,(H3,14,15,16). The molecule has 0 bridgehead atoms. The van der Waals surface area contributed by atoms with Crippen LogP contribution in [0.3, 0.4) is 0 Å². The van der Waals surface area contributed by atoms with Gasteiger partial charge in [0.25, 0.3) is 0 Å². The second-order valence-electron chi connectivity index (χ2n) is 5.04. The van der Waals surface area contributed by atoms with Crippen molar-refractivity contribution in [1.82, 2.24) is 5.32 Å². The highest BCUT2D eigenvalue weighted by Gasteiger charge is 2.23. The van der Waals surface area contributed by atoms with Crippen molar-refractivity contribution >= 4 is 5.96 Å². The molecule has 0 atom stereocenters. The van der Waals surface area contributed by atoms with Gasteiger partial charge in [-0.25, -0.2) is 0 Å². The fourth-order valence-electron chi connectivity index (χ4n) is 1.70. The molecule has 0 heterocycles. The van der Waals surface area contributed by atoms with Crippen LogP contribution in [0.4, 0.5) is 0 Å². The molecule has 0 aliphatic heterocycles. The van der Waals surface area contributed by atoms with Gasteiger partial charge in [-0.2, -0.15) is 0 Å². The van der Waals surface area contributed by atoms with Crippen LogP contribution in [-0.2, 0) is 0 Å². The topological polar surface area (TPSA) is 50.4 Å². The SMILES string of the molecule is CCC(CC)(CC)CN=C(N)NCC(C)C. The molecule has 0 spiro atoms. The van der Waals surface area contributed by atoms with E-state index in [1.165, 1.54) is 19.3 Å². The van der Waals surface area contributed by atoms with Crippen LogP contribution >= 0.6 is 0 Å². The van der Waals surface area contributed by atoms with Crippen LogP contribution < -0.4 is 11.1 Å². The molecule has 0 amide bonds. The normalized spacial score (nSPS) is 13.2. The molecule has 0 aromatic carbocycles. The molecule has 0 aromatic heterocycles. The van der Waals surface area contributed by atoms with Crippen molar-refractivity contribution in [1.29, 1.82) is 0 Å². The molecular weight excluding hydrogens is 198 g/mol. The summed E-state index contributed by atoms with van der Waals surface area (Å²) >= 11 is 0. The first-order valence-corrected chi connectivity index (χ1v) is 6.53. The second-order valence-corrected chi connectivity index (χ2v) is 5.04. The fraction of sp³-hybridized carbons (Fsp3) is 0.923. The summed E-state index contributed by atoms with van der Waals surface area (Å²) in [5.74, 6) is 1.19. The lowest BCUT2D eigenvalue weighted by molar-refractivity contribution is 0.263. The molecule has 0 fully saturated rings. The Balaban J connectivity index is 4.21. The van der Waals surface area contributed by atoms with Gasteiger partial charge in [0, 0.05) is 13.1 Å². The minimum Gasteiger partial charge on any atom is -0.370 e. The van der Waals surface area contributed by atoms with Crippen LogP contribution in [0.25, 0.3) is 0 Å². The van der Waals surface area contributed by atoms with E-state index < -0.39 is 0 Å². The zero-order valence-corrected chi connectivity index (χ0v) is 11.6. The fourth-order valence-corrected chi connectivity index (χ4v) is 1.70. The van der Waals surface area contributed by atoms with Gasteiger partial charge in [-0.3, -0.25) is 4.99 Å². The van der Waals surface area contributed by atoms with Crippen molar-refractivity contribution in [2.45, 2.75) is 53.9 Å². The lowest BCUT2D eigenvalue weighted by Crippen LogP contribution is -2.35. The minimum absolute atomic E-state index is 0.337. The van der Waals surface area contributed by atoms with Gasteiger partial charge in [-0.15, -0.1) is 0 Å². The quantitative estimate of drug-likeness (QED) is 0.519. The molecule has 0 radical (unpaired) electrons. The third-order valence-electron chi connectivity index (χ3n) is 3.53. The predicted octanol–water partition coefficient (Wildman–Crippen LogP) is 2.76. The monoisotopic (exact) mass is 227 g/mol. The maximum absolute atomic E-state index is 5.83. The number of guanidine groups is 1. The average Bonchev–Trinajstić information content (AvgIpc) is 2.29. The van der Waals surface area contributed by atoms with Crippen LogP contribution in [0.5, 0.6) is 0 Å². The predicted molar refractivity (Wildman–Crippen MR) is 72.6 cm³/mol. The first kappa shape index (κ1) is 15.3. The molecule has 0 saturated heterocycles. The highest BCUT2D eigenvalue weighted by molar-refractivity contribution is 5.77. The number of hydrogen-bond donors (Lipinski definition) is 2. The third kappa shape index (κ3) is 5.38. The van der Waals surface area contributed by atoms with E-state index in [0.717, 1.165) is 13.1 Å². The Morgan fingerprint density at radius 3 is 2.06 bits per heavy atom. The number of nitrogens with two attached hydrogens (primary N) is 1. The molecule has 3 heteroatoms. The van der Waals surface area contributed by atoms with E-state index >= 15 is 0 Å². The summed E-state index contributed by atoms with van der Waals surface area (Å²) in [6.45, 7) is 12.8. The average molecular weight is 227 g/mol. The molecule has 96 valence electrons. The van der Waals surface area contributed by atoms with Gasteiger partial charge in [-0.1, -0.05) is 34.6 Å². The Morgan fingerprint density at radius 1 is 1.19 bits per heavy atom. The number of aliphatic imine (C=N–C) groups is 1. The summed E-state index contributed by atoms with van der Waals surface area (Å²) in [7, 11) is 0. The first-order valence-electron chi connectivity index (χ1n) is 6.53. The van der Waals surface area contributed by atoms with Gasteiger partial charge in [0.1, 0.15) is 0 Å². The number of hydrogen-bond acceptors (Lipinski definition) is 1.